The molecule has 1 amide bonds. The van der Waals surface area contributed by atoms with Crippen LogP contribution in [0.5, 0.6) is 17.2 Å². The average Bonchev–Trinajstić information content (AvgIpc) is 3.14. The maximum Gasteiger partial charge on any atom is 0.300 e. The smallest absolute Gasteiger partial charge is 0.300 e. The Kier molecular flexibility index (Phi) is 5.91. The molecule has 3 aromatic carbocycles. The van der Waals surface area contributed by atoms with Crippen LogP contribution in [0.2, 0.25) is 0 Å². The summed E-state index contributed by atoms with van der Waals surface area (Å²) in [6.45, 7) is 5.13. The number of carbonyl (C=O) groups excluding carboxylic acids is 2. The fourth-order valence-corrected chi connectivity index (χ4v) is 4.41. The SMILES string of the molecule is CCOc1cccc(C2/C(=C(/O)c3ccc4c(c3)OCCO4)C(=O)C(=O)N2c2ccc(C)cc2)c1. The lowest BCUT2D eigenvalue weighted by atomic mass is 9.94. The van der Waals surface area contributed by atoms with Gasteiger partial charge in [0, 0.05) is 11.3 Å². The second-order valence-electron chi connectivity index (χ2n) is 8.37. The highest BCUT2D eigenvalue weighted by Crippen LogP contribution is 2.43. The fraction of sp³-hybridized carbons (Fsp3) is 0.214. The van der Waals surface area contributed by atoms with Gasteiger partial charge < -0.3 is 19.3 Å². The van der Waals surface area contributed by atoms with Gasteiger partial charge in [0.25, 0.3) is 11.7 Å². The van der Waals surface area contributed by atoms with E-state index in [0.717, 1.165) is 5.56 Å². The van der Waals surface area contributed by atoms with Crippen molar-refractivity contribution < 1.29 is 28.9 Å². The summed E-state index contributed by atoms with van der Waals surface area (Å²) in [5, 5.41) is 11.4. The number of hydrogen-bond donors (Lipinski definition) is 1. The monoisotopic (exact) mass is 471 g/mol. The molecule has 3 aromatic rings. The van der Waals surface area contributed by atoms with Crippen molar-refractivity contribution in [2.45, 2.75) is 19.9 Å². The van der Waals surface area contributed by atoms with Crippen molar-refractivity contribution in [2.24, 2.45) is 0 Å². The van der Waals surface area contributed by atoms with Crippen molar-refractivity contribution in [3.8, 4) is 17.2 Å². The summed E-state index contributed by atoms with van der Waals surface area (Å²) in [4.78, 5) is 28.1. The summed E-state index contributed by atoms with van der Waals surface area (Å²) in [6.07, 6.45) is 0. The molecule has 5 rings (SSSR count). The zero-order valence-electron chi connectivity index (χ0n) is 19.5. The normalized spacial score (nSPS) is 18.6. The molecule has 0 aliphatic carbocycles. The molecule has 0 spiro atoms. The van der Waals surface area contributed by atoms with Crippen LogP contribution < -0.4 is 19.1 Å². The van der Waals surface area contributed by atoms with Crippen LogP contribution >= 0.6 is 0 Å². The van der Waals surface area contributed by atoms with Gasteiger partial charge in [-0.25, -0.2) is 0 Å². The van der Waals surface area contributed by atoms with E-state index >= 15 is 0 Å². The first-order chi connectivity index (χ1) is 17.0. The number of aliphatic hydroxyl groups is 1. The molecule has 2 heterocycles. The Hall–Kier alpha value is -4.26. The second kappa shape index (κ2) is 9.18. The van der Waals surface area contributed by atoms with Gasteiger partial charge in [-0.15, -0.1) is 0 Å². The van der Waals surface area contributed by atoms with E-state index in [2.05, 4.69) is 0 Å². The number of hydrogen-bond acceptors (Lipinski definition) is 6. The first kappa shape index (κ1) is 22.5. The number of aliphatic hydroxyl groups excluding tert-OH is 1. The van der Waals surface area contributed by atoms with Crippen LogP contribution in [-0.2, 0) is 9.59 Å². The molecule has 0 aromatic heterocycles. The van der Waals surface area contributed by atoms with Crippen LogP contribution in [0.3, 0.4) is 0 Å². The summed E-state index contributed by atoms with van der Waals surface area (Å²) >= 11 is 0. The lowest BCUT2D eigenvalue weighted by Crippen LogP contribution is -2.29. The van der Waals surface area contributed by atoms with Crippen molar-refractivity contribution in [2.75, 3.05) is 24.7 Å². The maximum absolute atomic E-state index is 13.4. The number of anilines is 1. The van der Waals surface area contributed by atoms with Gasteiger partial charge in [0.15, 0.2) is 11.5 Å². The molecule has 0 saturated carbocycles. The van der Waals surface area contributed by atoms with E-state index in [-0.39, 0.29) is 11.3 Å². The van der Waals surface area contributed by atoms with Gasteiger partial charge in [-0.3, -0.25) is 14.5 Å². The van der Waals surface area contributed by atoms with E-state index in [1.54, 1.807) is 42.5 Å². The van der Waals surface area contributed by atoms with E-state index in [4.69, 9.17) is 14.2 Å². The van der Waals surface area contributed by atoms with Gasteiger partial charge >= 0.3 is 0 Å². The Balaban J connectivity index is 1.69. The van der Waals surface area contributed by atoms with E-state index in [1.165, 1.54) is 4.90 Å². The second-order valence-corrected chi connectivity index (χ2v) is 8.37. The van der Waals surface area contributed by atoms with Crippen LogP contribution in [0.15, 0.2) is 72.3 Å². The summed E-state index contributed by atoms with van der Waals surface area (Å²) in [5.74, 6) is -0.0954. The number of nitrogens with zero attached hydrogens (tertiary/aromatic N) is 1. The summed E-state index contributed by atoms with van der Waals surface area (Å²) in [7, 11) is 0. The molecule has 178 valence electrons. The van der Waals surface area contributed by atoms with Crippen LogP contribution in [0, 0.1) is 6.92 Å². The molecule has 7 heteroatoms. The first-order valence-corrected chi connectivity index (χ1v) is 11.5. The number of rotatable bonds is 5. The van der Waals surface area contributed by atoms with Crippen LogP contribution in [-0.4, -0.2) is 36.6 Å². The average molecular weight is 472 g/mol. The molecule has 0 radical (unpaired) electrons. The number of ketones is 1. The topological polar surface area (TPSA) is 85.3 Å². The zero-order valence-corrected chi connectivity index (χ0v) is 19.5. The van der Waals surface area contributed by atoms with Crippen molar-refractivity contribution in [3.05, 3.63) is 89.0 Å². The van der Waals surface area contributed by atoms with E-state index < -0.39 is 17.7 Å². The molecule has 1 N–H and O–H groups in total. The number of amides is 1. The molecular formula is C28H25NO6. The minimum atomic E-state index is -0.841. The van der Waals surface area contributed by atoms with Crippen molar-refractivity contribution in [3.63, 3.8) is 0 Å². The largest absolute Gasteiger partial charge is 0.507 e. The standard InChI is InChI=1S/C28H25NO6/c1-3-33-21-6-4-5-18(15-21)25-24(26(30)19-9-12-22-23(16-19)35-14-13-34-22)27(31)28(32)29(25)20-10-7-17(2)8-11-20/h4-12,15-16,25,30H,3,13-14H2,1-2H3/b26-24-. The predicted octanol–water partition coefficient (Wildman–Crippen LogP) is 4.79. The highest BCUT2D eigenvalue weighted by Gasteiger charge is 2.47. The number of carbonyl (C=O) groups is 2. The fourth-order valence-electron chi connectivity index (χ4n) is 4.41. The molecule has 1 unspecified atom stereocenters. The summed E-state index contributed by atoms with van der Waals surface area (Å²) in [5.41, 5.74) is 2.60. The number of aryl methyl sites for hydroxylation is 1. The van der Waals surface area contributed by atoms with E-state index in [0.29, 0.717) is 53.9 Å². The number of benzene rings is 3. The molecular weight excluding hydrogens is 446 g/mol. The zero-order chi connectivity index (χ0) is 24.5. The molecule has 1 atom stereocenters. The van der Waals surface area contributed by atoms with Gasteiger partial charge in [0.1, 0.15) is 24.7 Å². The first-order valence-electron chi connectivity index (χ1n) is 11.5. The summed E-state index contributed by atoms with van der Waals surface area (Å²) in [6, 6.07) is 18.7. The Morgan fingerprint density at radius 3 is 2.49 bits per heavy atom. The third-order valence-electron chi connectivity index (χ3n) is 6.06. The molecule has 2 aliphatic rings. The quantitative estimate of drug-likeness (QED) is 0.327. The number of Topliss-reactive ketones (excluding diaryl/α,β-unsaturated/α-hetero) is 1. The third kappa shape index (κ3) is 4.10. The maximum atomic E-state index is 13.4. The highest BCUT2D eigenvalue weighted by atomic mass is 16.6. The van der Waals surface area contributed by atoms with Gasteiger partial charge in [-0.05, 0) is 61.9 Å². The Morgan fingerprint density at radius 1 is 1.00 bits per heavy atom. The minimum Gasteiger partial charge on any atom is -0.507 e. The molecule has 1 saturated heterocycles. The Bertz CT molecular complexity index is 1330. The lowest BCUT2D eigenvalue weighted by Gasteiger charge is -2.26. The summed E-state index contributed by atoms with van der Waals surface area (Å²) < 4.78 is 16.9. The molecule has 35 heavy (non-hydrogen) atoms. The van der Waals surface area contributed by atoms with E-state index in [1.807, 2.05) is 38.1 Å². The molecule has 2 aliphatic heterocycles. The van der Waals surface area contributed by atoms with Crippen LogP contribution in [0.25, 0.3) is 5.76 Å². The molecule has 7 nitrogen and oxygen atoms in total. The number of ether oxygens (including phenoxy) is 3. The third-order valence-corrected chi connectivity index (χ3v) is 6.06. The lowest BCUT2D eigenvalue weighted by molar-refractivity contribution is -0.132. The number of fused-ring (bicyclic) bond motifs is 1. The van der Waals surface area contributed by atoms with Gasteiger partial charge in [0.05, 0.1) is 18.2 Å². The Morgan fingerprint density at radius 2 is 1.74 bits per heavy atom. The van der Waals surface area contributed by atoms with Crippen molar-refractivity contribution in [1.29, 1.82) is 0 Å². The Labute approximate surface area is 203 Å². The van der Waals surface area contributed by atoms with Gasteiger partial charge in [-0.1, -0.05) is 29.8 Å². The van der Waals surface area contributed by atoms with Gasteiger partial charge in [-0.2, -0.15) is 0 Å². The molecule has 0 bridgehead atoms. The van der Waals surface area contributed by atoms with E-state index in [9.17, 15) is 14.7 Å². The predicted molar refractivity (Wildman–Crippen MR) is 131 cm³/mol. The minimum absolute atomic E-state index is 0.000835. The van der Waals surface area contributed by atoms with Crippen molar-refractivity contribution >= 4 is 23.1 Å². The van der Waals surface area contributed by atoms with Crippen LogP contribution in [0.4, 0.5) is 5.69 Å². The molecule has 1 fully saturated rings. The van der Waals surface area contributed by atoms with Gasteiger partial charge in [0.2, 0.25) is 0 Å². The van der Waals surface area contributed by atoms with Crippen molar-refractivity contribution in [1.82, 2.24) is 0 Å². The highest BCUT2D eigenvalue weighted by molar-refractivity contribution is 6.51. The van der Waals surface area contributed by atoms with Crippen LogP contribution in [0.1, 0.15) is 29.7 Å².